The molecule has 102 valence electrons. The second kappa shape index (κ2) is 5.14. The molecular weight excluding hydrogens is 269 g/mol. The van der Waals surface area contributed by atoms with Gasteiger partial charge >= 0.3 is 0 Å². The maximum absolute atomic E-state index is 13.2. The van der Waals surface area contributed by atoms with Crippen LogP contribution in [0.25, 0.3) is 0 Å². The van der Waals surface area contributed by atoms with E-state index in [4.69, 9.17) is 4.42 Å². The SMILES string of the molecule is Cc1cc(F)cc(C)c1S(=O)(=O)NCc1ccco1. The van der Waals surface area contributed by atoms with Crippen molar-refractivity contribution in [1.29, 1.82) is 0 Å². The van der Waals surface area contributed by atoms with Crippen molar-refractivity contribution in [2.45, 2.75) is 25.3 Å². The summed E-state index contributed by atoms with van der Waals surface area (Å²) in [5.74, 6) is 0.0703. The molecule has 2 rings (SSSR count). The van der Waals surface area contributed by atoms with Gasteiger partial charge in [0.1, 0.15) is 11.6 Å². The first-order chi connectivity index (χ1) is 8.90. The Morgan fingerprint density at radius 3 is 2.42 bits per heavy atom. The van der Waals surface area contributed by atoms with Gasteiger partial charge in [-0.3, -0.25) is 0 Å². The highest BCUT2D eigenvalue weighted by Crippen LogP contribution is 2.21. The third-order valence-corrected chi connectivity index (χ3v) is 4.42. The van der Waals surface area contributed by atoms with Gasteiger partial charge in [-0.1, -0.05) is 0 Å². The van der Waals surface area contributed by atoms with E-state index in [1.165, 1.54) is 18.4 Å². The lowest BCUT2D eigenvalue weighted by atomic mass is 10.1. The number of sulfonamides is 1. The first kappa shape index (κ1) is 13.8. The molecule has 6 heteroatoms. The monoisotopic (exact) mass is 283 g/mol. The molecule has 0 unspecified atom stereocenters. The number of nitrogens with one attached hydrogen (secondary N) is 1. The number of halogens is 1. The van der Waals surface area contributed by atoms with Crippen LogP contribution >= 0.6 is 0 Å². The van der Waals surface area contributed by atoms with Crippen molar-refractivity contribution in [3.63, 3.8) is 0 Å². The Morgan fingerprint density at radius 2 is 1.89 bits per heavy atom. The maximum atomic E-state index is 13.2. The summed E-state index contributed by atoms with van der Waals surface area (Å²) >= 11 is 0. The zero-order valence-electron chi connectivity index (χ0n) is 10.6. The van der Waals surface area contributed by atoms with Crippen LogP contribution in [0.4, 0.5) is 4.39 Å². The Morgan fingerprint density at radius 1 is 1.26 bits per heavy atom. The Kier molecular flexibility index (Phi) is 3.73. The number of hydrogen-bond acceptors (Lipinski definition) is 3. The van der Waals surface area contributed by atoms with Crippen LogP contribution in [0.2, 0.25) is 0 Å². The minimum atomic E-state index is -3.69. The molecule has 1 N–H and O–H groups in total. The first-order valence-corrected chi connectivity index (χ1v) is 7.17. The van der Waals surface area contributed by atoms with Gasteiger partial charge in [-0.05, 0) is 49.2 Å². The smallest absolute Gasteiger partial charge is 0.241 e. The van der Waals surface area contributed by atoms with Crippen LogP contribution in [0.1, 0.15) is 16.9 Å². The lowest BCUT2D eigenvalue weighted by Gasteiger charge is -2.11. The summed E-state index contributed by atoms with van der Waals surface area (Å²) in [5, 5.41) is 0. The van der Waals surface area contributed by atoms with Gasteiger partial charge < -0.3 is 4.42 Å². The molecule has 0 bridgehead atoms. The van der Waals surface area contributed by atoms with Crippen molar-refractivity contribution in [2.24, 2.45) is 0 Å². The number of aryl methyl sites for hydroxylation is 2. The van der Waals surface area contributed by atoms with Crippen molar-refractivity contribution < 1.29 is 17.2 Å². The van der Waals surface area contributed by atoms with Gasteiger partial charge in [-0.25, -0.2) is 17.5 Å². The molecule has 0 aliphatic rings. The molecule has 4 nitrogen and oxygen atoms in total. The number of furan rings is 1. The Balaban J connectivity index is 2.29. The van der Waals surface area contributed by atoms with E-state index in [2.05, 4.69) is 4.72 Å². The van der Waals surface area contributed by atoms with Gasteiger partial charge in [0.05, 0.1) is 17.7 Å². The molecule has 0 fully saturated rings. The molecule has 0 amide bonds. The van der Waals surface area contributed by atoms with Gasteiger partial charge in [0, 0.05) is 0 Å². The molecule has 19 heavy (non-hydrogen) atoms. The first-order valence-electron chi connectivity index (χ1n) is 5.69. The molecule has 0 atom stereocenters. The van der Waals surface area contributed by atoms with Gasteiger partial charge in [0.15, 0.2) is 0 Å². The summed E-state index contributed by atoms with van der Waals surface area (Å²) in [6, 6.07) is 5.76. The van der Waals surface area contributed by atoms with Crippen molar-refractivity contribution in [1.82, 2.24) is 4.72 Å². The third kappa shape index (κ3) is 3.02. The minimum Gasteiger partial charge on any atom is -0.468 e. The molecule has 0 aliphatic carbocycles. The Bertz CT molecular complexity index is 655. The molecule has 0 radical (unpaired) electrons. The van der Waals surface area contributed by atoms with Crippen molar-refractivity contribution in [3.8, 4) is 0 Å². The highest BCUT2D eigenvalue weighted by Gasteiger charge is 2.20. The van der Waals surface area contributed by atoms with Gasteiger partial charge in [-0.2, -0.15) is 0 Å². The minimum absolute atomic E-state index is 0.0611. The maximum Gasteiger partial charge on any atom is 0.241 e. The largest absolute Gasteiger partial charge is 0.468 e. The van der Waals surface area contributed by atoms with Crippen molar-refractivity contribution in [3.05, 3.63) is 53.2 Å². The molecule has 1 heterocycles. The van der Waals surface area contributed by atoms with Crippen LogP contribution < -0.4 is 4.72 Å². The van der Waals surface area contributed by atoms with Crippen LogP contribution in [-0.4, -0.2) is 8.42 Å². The van der Waals surface area contributed by atoms with E-state index in [1.54, 1.807) is 26.0 Å². The molecule has 2 aromatic rings. The predicted octanol–water partition coefficient (Wildman–Crippen LogP) is 2.51. The fraction of sp³-hybridized carbons (Fsp3) is 0.231. The average Bonchev–Trinajstić information content (AvgIpc) is 2.77. The van der Waals surface area contributed by atoms with E-state index in [0.717, 1.165) is 0 Å². The van der Waals surface area contributed by atoms with E-state index in [0.29, 0.717) is 16.9 Å². The van der Waals surface area contributed by atoms with E-state index >= 15 is 0 Å². The van der Waals surface area contributed by atoms with Crippen LogP contribution in [0, 0.1) is 19.7 Å². The molecule has 1 aromatic heterocycles. The summed E-state index contributed by atoms with van der Waals surface area (Å²) in [7, 11) is -3.69. The fourth-order valence-electron chi connectivity index (χ4n) is 1.97. The molecule has 0 saturated heterocycles. The molecule has 0 saturated carbocycles. The summed E-state index contributed by atoms with van der Waals surface area (Å²) < 4.78 is 45.1. The van der Waals surface area contributed by atoms with E-state index in [1.807, 2.05) is 0 Å². The lowest BCUT2D eigenvalue weighted by Crippen LogP contribution is -2.24. The molecule has 0 aliphatic heterocycles. The molecule has 1 aromatic carbocycles. The second-order valence-corrected chi connectivity index (χ2v) is 5.98. The van der Waals surface area contributed by atoms with E-state index in [9.17, 15) is 12.8 Å². The predicted molar refractivity (Wildman–Crippen MR) is 68.6 cm³/mol. The Hall–Kier alpha value is -1.66. The number of hydrogen-bond donors (Lipinski definition) is 1. The lowest BCUT2D eigenvalue weighted by molar-refractivity contribution is 0.498. The summed E-state index contributed by atoms with van der Waals surface area (Å²) in [5.41, 5.74) is 0.758. The highest BCUT2D eigenvalue weighted by molar-refractivity contribution is 7.89. The molecule has 0 spiro atoms. The average molecular weight is 283 g/mol. The molecular formula is C13H14FNO3S. The third-order valence-electron chi connectivity index (χ3n) is 2.71. The summed E-state index contributed by atoms with van der Waals surface area (Å²) in [4.78, 5) is 0.112. The fourth-order valence-corrected chi connectivity index (χ4v) is 3.42. The number of rotatable bonds is 4. The van der Waals surface area contributed by atoms with Crippen LogP contribution in [0.3, 0.4) is 0 Å². The Labute approximate surface area is 111 Å². The second-order valence-electron chi connectivity index (χ2n) is 4.27. The van der Waals surface area contributed by atoms with Crippen LogP contribution in [-0.2, 0) is 16.6 Å². The van der Waals surface area contributed by atoms with Crippen LogP contribution in [0.5, 0.6) is 0 Å². The topological polar surface area (TPSA) is 59.3 Å². The zero-order valence-corrected chi connectivity index (χ0v) is 11.4. The quantitative estimate of drug-likeness (QED) is 0.938. The van der Waals surface area contributed by atoms with Gasteiger partial charge in [0.25, 0.3) is 0 Å². The summed E-state index contributed by atoms with van der Waals surface area (Å²) in [6.07, 6.45) is 1.47. The van der Waals surface area contributed by atoms with Gasteiger partial charge in [-0.15, -0.1) is 0 Å². The normalized spacial score (nSPS) is 11.7. The highest BCUT2D eigenvalue weighted by atomic mass is 32.2. The number of benzene rings is 1. The zero-order chi connectivity index (χ0) is 14.0. The van der Waals surface area contributed by atoms with Crippen LogP contribution in [0.15, 0.2) is 39.8 Å². The van der Waals surface area contributed by atoms with Crippen molar-refractivity contribution >= 4 is 10.0 Å². The standard InChI is InChI=1S/C13H14FNO3S/c1-9-6-11(14)7-10(2)13(9)19(16,17)15-8-12-4-3-5-18-12/h3-7,15H,8H2,1-2H3. The van der Waals surface area contributed by atoms with E-state index < -0.39 is 15.8 Å². The van der Waals surface area contributed by atoms with E-state index in [-0.39, 0.29) is 11.4 Å². The van der Waals surface area contributed by atoms with Gasteiger partial charge in [0.2, 0.25) is 10.0 Å². The summed E-state index contributed by atoms with van der Waals surface area (Å²) in [6.45, 7) is 3.20. The van der Waals surface area contributed by atoms with Crippen molar-refractivity contribution in [2.75, 3.05) is 0 Å².